The van der Waals surface area contributed by atoms with Crippen LogP contribution in [-0.4, -0.2) is 31.6 Å². The molecule has 1 amide bonds. The molecule has 0 radical (unpaired) electrons. The lowest BCUT2D eigenvalue weighted by Gasteiger charge is -2.16. The van der Waals surface area contributed by atoms with Crippen LogP contribution in [0.5, 0.6) is 0 Å². The summed E-state index contributed by atoms with van der Waals surface area (Å²) < 4.78 is 27.1. The largest absolute Gasteiger partial charge is 0.417 e. The summed E-state index contributed by atoms with van der Waals surface area (Å²) in [5, 5.41) is 5.01. The number of amides is 1. The van der Waals surface area contributed by atoms with Crippen molar-refractivity contribution in [2.45, 2.75) is 6.42 Å². The van der Waals surface area contributed by atoms with Crippen molar-refractivity contribution >= 4 is 32.7 Å². The van der Waals surface area contributed by atoms with E-state index >= 15 is 0 Å². The minimum atomic E-state index is -3.61. The van der Waals surface area contributed by atoms with Crippen molar-refractivity contribution in [1.82, 2.24) is 4.98 Å². The Balaban J connectivity index is 1.88. The Morgan fingerprint density at radius 1 is 1.38 bits per heavy atom. The number of carbonyl (C=O) groups excluding carboxylic acids is 1. The Bertz CT molecular complexity index is 866. The summed E-state index contributed by atoms with van der Waals surface area (Å²) >= 11 is 0. The van der Waals surface area contributed by atoms with E-state index in [2.05, 4.69) is 4.98 Å². The molecular weight excluding hydrogens is 298 g/mol. The number of hydrogen-bond donors (Lipinski definition) is 2. The third-order valence-corrected chi connectivity index (χ3v) is 4.32. The van der Waals surface area contributed by atoms with Gasteiger partial charge in [-0.25, -0.2) is 18.4 Å². The number of carbonyl (C=O) groups is 1. The standard InChI is InChI=1S/C12H13N3O5S/c13-21(18,19)6-7-3-11(16)15(5-7)8-1-2-10-9(4-8)14-12(17)20-10/h1-2,4,7H,3,5-6H2,(H,14,17)(H2,13,18,19). The van der Waals surface area contributed by atoms with Crippen LogP contribution < -0.4 is 15.8 Å². The number of rotatable bonds is 3. The predicted molar refractivity (Wildman–Crippen MR) is 75.3 cm³/mol. The number of nitrogens with two attached hydrogens (primary N) is 1. The van der Waals surface area contributed by atoms with Crippen LogP contribution in [0.15, 0.2) is 27.4 Å². The molecule has 3 N–H and O–H groups in total. The fourth-order valence-electron chi connectivity index (χ4n) is 2.58. The normalized spacial score (nSPS) is 19.6. The molecular formula is C12H13N3O5S. The number of benzene rings is 1. The van der Waals surface area contributed by atoms with Gasteiger partial charge in [0, 0.05) is 24.6 Å². The minimum absolute atomic E-state index is 0.135. The van der Waals surface area contributed by atoms with Crippen LogP contribution in [0.25, 0.3) is 11.1 Å². The highest BCUT2D eigenvalue weighted by molar-refractivity contribution is 7.89. The quantitative estimate of drug-likeness (QED) is 0.809. The molecule has 1 unspecified atom stereocenters. The molecule has 1 fully saturated rings. The molecule has 0 bridgehead atoms. The molecule has 0 aliphatic carbocycles. The van der Waals surface area contributed by atoms with Gasteiger partial charge in [-0.1, -0.05) is 0 Å². The summed E-state index contributed by atoms with van der Waals surface area (Å²) in [5.41, 5.74) is 1.47. The van der Waals surface area contributed by atoms with Crippen molar-refractivity contribution in [3.05, 3.63) is 28.7 Å². The first kappa shape index (κ1) is 13.8. The Kier molecular flexibility index (Phi) is 3.10. The summed E-state index contributed by atoms with van der Waals surface area (Å²) in [6, 6.07) is 4.86. The molecule has 2 aromatic rings. The lowest BCUT2D eigenvalue weighted by molar-refractivity contribution is -0.117. The second-order valence-electron chi connectivity index (χ2n) is 5.10. The van der Waals surface area contributed by atoms with Gasteiger partial charge in [-0.3, -0.25) is 9.78 Å². The van der Waals surface area contributed by atoms with Crippen molar-refractivity contribution < 1.29 is 17.6 Å². The third-order valence-electron chi connectivity index (χ3n) is 3.39. The maximum absolute atomic E-state index is 12.0. The Hall–Kier alpha value is -2.13. The number of nitrogens with zero attached hydrogens (tertiary/aromatic N) is 1. The Labute approximate surface area is 119 Å². The summed E-state index contributed by atoms with van der Waals surface area (Å²) in [7, 11) is -3.61. The third kappa shape index (κ3) is 2.83. The lowest BCUT2D eigenvalue weighted by Crippen LogP contribution is -2.27. The van der Waals surface area contributed by atoms with Gasteiger partial charge in [0.15, 0.2) is 5.58 Å². The highest BCUT2D eigenvalue weighted by Crippen LogP contribution is 2.27. The number of aromatic nitrogens is 1. The molecule has 1 atom stereocenters. The number of oxazole rings is 1. The number of sulfonamides is 1. The fourth-order valence-corrected chi connectivity index (χ4v) is 3.46. The topological polar surface area (TPSA) is 126 Å². The first-order valence-electron chi connectivity index (χ1n) is 6.25. The minimum Gasteiger partial charge on any atom is -0.408 e. The summed E-state index contributed by atoms with van der Waals surface area (Å²) in [6.07, 6.45) is 0.135. The van der Waals surface area contributed by atoms with E-state index < -0.39 is 15.8 Å². The zero-order valence-electron chi connectivity index (χ0n) is 10.9. The smallest absolute Gasteiger partial charge is 0.408 e. The average molecular weight is 311 g/mol. The van der Waals surface area contributed by atoms with Crippen molar-refractivity contribution in [3.63, 3.8) is 0 Å². The van der Waals surface area contributed by atoms with E-state index in [1.165, 1.54) is 4.90 Å². The monoisotopic (exact) mass is 311 g/mol. The first-order chi connectivity index (χ1) is 9.82. The molecule has 9 heteroatoms. The van der Waals surface area contributed by atoms with Gasteiger partial charge in [-0.2, -0.15) is 0 Å². The number of nitrogens with one attached hydrogen (secondary N) is 1. The second-order valence-corrected chi connectivity index (χ2v) is 6.76. The van der Waals surface area contributed by atoms with Gasteiger partial charge in [0.1, 0.15) is 0 Å². The molecule has 1 saturated heterocycles. The molecule has 1 aromatic carbocycles. The van der Waals surface area contributed by atoms with E-state index in [9.17, 15) is 18.0 Å². The van der Waals surface area contributed by atoms with Crippen molar-refractivity contribution in [2.24, 2.45) is 11.1 Å². The first-order valence-corrected chi connectivity index (χ1v) is 7.97. The highest BCUT2D eigenvalue weighted by atomic mass is 32.2. The SMILES string of the molecule is NS(=O)(=O)CC1CC(=O)N(c2ccc3oc(=O)[nH]c3c2)C1. The van der Waals surface area contributed by atoms with Crippen LogP contribution in [0, 0.1) is 5.92 Å². The molecule has 112 valence electrons. The Morgan fingerprint density at radius 2 is 2.14 bits per heavy atom. The Morgan fingerprint density at radius 3 is 2.86 bits per heavy atom. The van der Waals surface area contributed by atoms with Crippen LogP contribution in [0.1, 0.15) is 6.42 Å². The summed E-state index contributed by atoms with van der Waals surface area (Å²) in [4.78, 5) is 27.1. The van der Waals surface area contributed by atoms with E-state index in [0.29, 0.717) is 16.8 Å². The van der Waals surface area contributed by atoms with Crippen LogP contribution in [0.2, 0.25) is 0 Å². The van der Waals surface area contributed by atoms with Crippen LogP contribution in [0.4, 0.5) is 5.69 Å². The molecule has 21 heavy (non-hydrogen) atoms. The maximum atomic E-state index is 12.0. The van der Waals surface area contributed by atoms with Gasteiger partial charge < -0.3 is 9.32 Å². The summed E-state index contributed by atoms with van der Waals surface area (Å²) in [6.45, 7) is 0.281. The molecule has 8 nitrogen and oxygen atoms in total. The van der Waals surface area contributed by atoms with Gasteiger partial charge in [0.2, 0.25) is 15.9 Å². The number of fused-ring (bicyclic) bond motifs is 1. The highest BCUT2D eigenvalue weighted by Gasteiger charge is 2.32. The fraction of sp³-hybridized carbons (Fsp3) is 0.333. The van der Waals surface area contributed by atoms with Crippen LogP contribution >= 0.6 is 0 Å². The maximum Gasteiger partial charge on any atom is 0.417 e. The van der Waals surface area contributed by atoms with Crippen molar-refractivity contribution in [1.29, 1.82) is 0 Å². The lowest BCUT2D eigenvalue weighted by atomic mass is 10.1. The zero-order valence-corrected chi connectivity index (χ0v) is 11.7. The van der Waals surface area contributed by atoms with E-state index in [4.69, 9.17) is 9.56 Å². The van der Waals surface area contributed by atoms with Gasteiger partial charge in [0.05, 0.1) is 11.3 Å². The number of H-pyrrole nitrogens is 1. The molecule has 1 aliphatic rings. The molecule has 3 rings (SSSR count). The van der Waals surface area contributed by atoms with Gasteiger partial charge >= 0.3 is 5.76 Å². The molecule has 1 aliphatic heterocycles. The van der Waals surface area contributed by atoms with Gasteiger partial charge in [-0.05, 0) is 18.2 Å². The molecule has 1 aromatic heterocycles. The number of anilines is 1. The van der Waals surface area contributed by atoms with Gasteiger partial charge in [0.25, 0.3) is 0 Å². The number of primary sulfonamides is 1. The molecule has 0 spiro atoms. The number of hydrogen-bond acceptors (Lipinski definition) is 5. The van der Waals surface area contributed by atoms with Crippen LogP contribution in [0.3, 0.4) is 0 Å². The number of aromatic amines is 1. The van der Waals surface area contributed by atoms with E-state index in [1.807, 2.05) is 0 Å². The second kappa shape index (κ2) is 4.71. The molecule has 2 heterocycles. The zero-order chi connectivity index (χ0) is 15.2. The van der Waals surface area contributed by atoms with Crippen LogP contribution in [-0.2, 0) is 14.8 Å². The van der Waals surface area contributed by atoms with Crippen molar-refractivity contribution in [2.75, 3.05) is 17.2 Å². The van der Waals surface area contributed by atoms with E-state index in [0.717, 1.165) is 0 Å². The average Bonchev–Trinajstić information content (AvgIpc) is 2.88. The van der Waals surface area contributed by atoms with Gasteiger partial charge in [-0.15, -0.1) is 0 Å². The molecule has 0 saturated carbocycles. The predicted octanol–water partition coefficient (Wildman–Crippen LogP) is -0.237. The van der Waals surface area contributed by atoms with Crippen molar-refractivity contribution in [3.8, 4) is 0 Å². The summed E-state index contributed by atoms with van der Waals surface area (Å²) in [5.74, 6) is -1.29. The van der Waals surface area contributed by atoms with E-state index in [1.54, 1.807) is 18.2 Å². The van der Waals surface area contributed by atoms with E-state index in [-0.39, 0.29) is 30.5 Å².